The first-order chi connectivity index (χ1) is 21.2. The number of carbonyl (C=O) groups excluding carboxylic acids is 2. The van der Waals surface area contributed by atoms with Crippen LogP contribution in [0.3, 0.4) is 0 Å². The van der Waals surface area contributed by atoms with Gasteiger partial charge in [-0.3, -0.25) is 13.9 Å². The van der Waals surface area contributed by atoms with Crippen LogP contribution in [0.25, 0.3) is 0 Å². The van der Waals surface area contributed by atoms with Crippen molar-refractivity contribution in [2.45, 2.75) is 44.7 Å². The second-order valence-electron chi connectivity index (χ2n) is 10.3. The summed E-state index contributed by atoms with van der Waals surface area (Å²) >= 11 is 0. The van der Waals surface area contributed by atoms with E-state index in [0.717, 1.165) is 21.0 Å². The standard InChI is InChI=1S/C35H39N3O5S/c1-4-36-35(40)32(24-28-14-8-6-9-15-28)37(25-29-22-20-27(3)21-23-29)34(39)26-38(31-18-12-13-19-33(31)43-5-2)44(41,42)30-16-10-7-11-17-30/h6-23,32H,4-5,24-26H2,1-3H3,(H,36,40). The fourth-order valence-electron chi connectivity index (χ4n) is 4.91. The summed E-state index contributed by atoms with van der Waals surface area (Å²) in [5.74, 6) is -0.510. The van der Waals surface area contributed by atoms with Gasteiger partial charge in [-0.1, -0.05) is 90.5 Å². The molecule has 4 aromatic rings. The summed E-state index contributed by atoms with van der Waals surface area (Å²) in [5, 5.41) is 2.88. The number of rotatable bonds is 14. The predicted molar refractivity (Wildman–Crippen MR) is 173 cm³/mol. The highest BCUT2D eigenvalue weighted by atomic mass is 32.2. The smallest absolute Gasteiger partial charge is 0.264 e. The van der Waals surface area contributed by atoms with Gasteiger partial charge in [0.2, 0.25) is 11.8 Å². The number of carbonyl (C=O) groups is 2. The van der Waals surface area contributed by atoms with E-state index < -0.39 is 28.5 Å². The van der Waals surface area contributed by atoms with E-state index in [1.54, 1.807) is 42.5 Å². The molecule has 0 fully saturated rings. The van der Waals surface area contributed by atoms with Gasteiger partial charge in [0, 0.05) is 19.5 Å². The third-order valence-electron chi connectivity index (χ3n) is 7.14. The van der Waals surface area contributed by atoms with Crippen molar-refractivity contribution in [1.29, 1.82) is 0 Å². The SMILES string of the molecule is CCNC(=O)C(Cc1ccccc1)N(Cc1ccc(C)cc1)C(=O)CN(c1ccccc1OCC)S(=O)(=O)c1ccccc1. The fraction of sp³-hybridized carbons (Fsp3) is 0.257. The first-order valence-electron chi connectivity index (χ1n) is 14.7. The normalized spacial score (nSPS) is 11.8. The van der Waals surface area contributed by atoms with Crippen LogP contribution in [0.1, 0.15) is 30.5 Å². The Morgan fingerprint density at radius 3 is 2.05 bits per heavy atom. The maximum Gasteiger partial charge on any atom is 0.264 e. The third kappa shape index (κ3) is 8.05. The van der Waals surface area contributed by atoms with Gasteiger partial charge >= 0.3 is 0 Å². The Labute approximate surface area is 260 Å². The van der Waals surface area contributed by atoms with Gasteiger partial charge in [-0.15, -0.1) is 0 Å². The van der Waals surface area contributed by atoms with Crippen molar-refractivity contribution in [2.24, 2.45) is 0 Å². The Hall–Kier alpha value is -4.63. The maximum atomic E-state index is 14.5. The lowest BCUT2D eigenvalue weighted by molar-refractivity contribution is -0.140. The Morgan fingerprint density at radius 2 is 1.41 bits per heavy atom. The van der Waals surface area contributed by atoms with E-state index in [-0.39, 0.29) is 29.5 Å². The zero-order chi connectivity index (χ0) is 31.5. The molecule has 0 heterocycles. The van der Waals surface area contributed by atoms with Gasteiger partial charge in [-0.2, -0.15) is 0 Å². The molecule has 230 valence electrons. The molecule has 44 heavy (non-hydrogen) atoms. The lowest BCUT2D eigenvalue weighted by Gasteiger charge is -2.34. The number of nitrogens with one attached hydrogen (secondary N) is 1. The molecule has 0 radical (unpaired) electrons. The Kier molecular flexibility index (Phi) is 11.2. The molecule has 0 spiro atoms. The van der Waals surface area contributed by atoms with Gasteiger partial charge < -0.3 is 15.0 Å². The summed E-state index contributed by atoms with van der Waals surface area (Å²) in [4.78, 5) is 29.6. The molecule has 9 heteroatoms. The number of aryl methyl sites for hydroxylation is 1. The van der Waals surface area contributed by atoms with Crippen molar-refractivity contribution in [3.8, 4) is 5.75 Å². The summed E-state index contributed by atoms with van der Waals surface area (Å²) in [6.45, 7) is 5.86. The highest BCUT2D eigenvalue weighted by molar-refractivity contribution is 7.92. The van der Waals surface area contributed by atoms with Crippen molar-refractivity contribution < 1.29 is 22.7 Å². The molecule has 4 aromatic carbocycles. The van der Waals surface area contributed by atoms with Crippen molar-refractivity contribution in [2.75, 3.05) is 24.0 Å². The van der Waals surface area contributed by atoms with E-state index in [1.807, 2.05) is 75.4 Å². The zero-order valence-electron chi connectivity index (χ0n) is 25.3. The Morgan fingerprint density at radius 1 is 0.795 bits per heavy atom. The minimum atomic E-state index is -4.21. The number of ether oxygens (including phenoxy) is 1. The molecule has 0 aromatic heterocycles. The molecule has 8 nitrogen and oxygen atoms in total. The van der Waals surface area contributed by atoms with E-state index in [9.17, 15) is 18.0 Å². The van der Waals surface area contributed by atoms with E-state index in [4.69, 9.17) is 4.74 Å². The Bertz CT molecular complexity index is 1630. The minimum absolute atomic E-state index is 0.0359. The Balaban J connectivity index is 1.82. The molecule has 1 N–H and O–H groups in total. The second kappa shape index (κ2) is 15.2. The van der Waals surface area contributed by atoms with Crippen LogP contribution in [-0.2, 0) is 32.6 Å². The van der Waals surface area contributed by atoms with Crippen LogP contribution in [0.15, 0.2) is 114 Å². The van der Waals surface area contributed by atoms with Gasteiger partial charge in [-0.05, 0) is 56.2 Å². The molecule has 0 aliphatic carbocycles. The third-order valence-corrected chi connectivity index (χ3v) is 8.91. The highest BCUT2D eigenvalue weighted by Gasteiger charge is 2.35. The molecular weight excluding hydrogens is 574 g/mol. The summed E-state index contributed by atoms with van der Waals surface area (Å²) < 4.78 is 35.2. The summed E-state index contributed by atoms with van der Waals surface area (Å²) in [5.41, 5.74) is 2.99. The van der Waals surface area contributed by atoms with Gasteiger partial charge in [0.25, 0.3) is 10.0 Å². The molecule has 0 aliphatic rings. The van der Waals surface area contributed by atoms with Crippen LogP contribution in [0.2, 0.25) is 0 Å². The molecule has 0 bridgehead atoms. The van der Waals surface area contributed by atoms with Crippen LogP contribution in [0.4, 0.5) is 5.69 Å². The van der Waals surface area contributed by atoms with Crippen LogP contribution in [0, 0.1) is 6.92 Å². The number of nitrogens with zero attached hydrogens (tertiary/aromatic N) is 2. The maximum absolute atomic E-state index is 14.5. The van der Waals surface area contributed by atoms with E-state index in [1.165, 1.54) is 17.0 Å². The lowest BCUT2D eigenvalue weighted by Crippen LogP contribution is -2.53. The van der Waals surface area contributed by atoms with E-state index in [0.29, 0.717) is 18.9 Å². The largest absolute Gasteiger partial charge is 0.492 e. The highest BCUT2D eigenvalue weighted by Crippen LogP contribution is 2.33. The van der Waals surface area contributed by atoms with Crippen molar-refractivity contribution in [3.63, 3.8) is 0 Å². The first kappa shape index (κ1) is 32.3. The quantitative estimate of drug-likeness (QED) is 0.207. The van der Waals surface area contributed by atoms with Gasteiger partial charge in [0.15, 0.2) is 0 Å². The molecule has 0 saturated heterocycles. The molecule has 2 amide bonds. The van der Waals surface area contributed by atoms with Gasteiger partial charge in [0.05, 0.1) is 17.2 Å². The summed E-state index contributed by atoms with van der Waals surface area (Å²) in [6, 6.07) is 31.0. The number of hydrogen-bond acceptors (Lipinski definition) is 5. The van der Waals surface area contributed by atoms with Crippen molar-refractivity contribution in [1.82, 2.24) is 10.2 Å². The molecule has 4 rings (SSSR count). The number of amides is 2. The number of hydrogen-bond donors (Lipinski definition) is 1. The van der Waals surface area contributed by atoms with E-state index in [2.05, 4.69) is 5.32 Å². The van der Waals surface area contributed by atoms with E-state index >= 15 is 0 Å². The number of para-hydroxylation sites is 2. The number of anilines is 1. The average Bonchev–Trinajstić information content (AvgIpc) is 3.04. The van der Waals surface area contributed by atoms with Gasteiger partial charge in [0.1, 0.15) is 18.3 Å². The number of likely N-dealkylation sites (N-methyl/N-ethyl adjacent to an activating group) is 1. The molecule has 0 aliphatic heterocycles. The number of sulfonamides is 1. The summed E-state index contributed by atoms with van der Waals surface area (Å²) in [6.07, 6.45) is 0.255. The summed E-state index contributed by atoms with van der Waals surface area (Å²) in [7, 11) is -4.21. The van der Waals surface area contributed by atoms with Gasteiger partial charge in [-0.25, -0.2) is 8.42 Å². The predicted octanol–water partition coefficient (Wildman–Crippen LogP) is 5.37. The van der Waals surface area contributed by atoms with Crippen molar-refractivity contribution >= 4 is 27.5 Å². The average molecular weight is 614 g/mol. The fourth-order valence-corrected chi connectivity index (χ4v) is 6.36. The molecule has 1 atom stereocenters. The lowest BCUT2D eigenvalue weighted by atomic mass is 10.0. The molecule has 0 saturated carbocycles. The topological polar surface area (TPSA) is 96.0 Å². The molecule has 1 unspecified atom stereocenters. The first-order valence-corrected chi connectivity index (χ1v) is 16.1. The minimum Gasteiger partial charge on any atom is -0.492 e. The zero-order valence-corrected chi connectivity index (χ0v) is 26.2. The number of benzene rings is 4. The second-order valence-corrected chi connectivity index (χ2v) is 12.2. The van der Waals surface area contributed by atoms with Crippen LogP contribution in [0.5, 0.6) is 5.75 Å². The molecular formula is C35H39N3O5S. The van der Waals surface area contributed by atoms with Crippen LogP contribution in [-0.4, -0.2) is 50.9 Å². The van der Waals surface area contributed by atoms with Crippen LogP contribution >= 0.6 is 0 Å². The van der Waals surface area contributed by atoms with Crippen LogP contribution < -0.4 is 14.4 Å². The van der Waals surface area contributed by atoms with Crippen molar-refractivity contribution in [3.05, 3.63) is 126 Å². The monoisotopic (exact) mass is 613 g/mol.